The first kappa shape index (κ1) is 14.7. The van der Waals surface area contributed by atoms with E-state index < -0.39 is 18.9 Å². The molecule has 1 aliphatic rings. The Morgan fingerprint density at radius 3 is 2.80 bits per heavy atom. The quantitative estimate of drug-likeness (QED) is 0.830. The molecule has 2 rings (SSSR count). The zero-order valence-corrected chi connectivity index (χ0v) is 11.1. The minimum atomic E-state index is -4.50. The summed E-state index contributed by atoms with van der Waals surface area (Å²) in [4.78, 5) is 13.0. The van der Waals surface area contributed by atoms with Crippen molar-refractivity contribution in [1.82, 2.24) is 4.90 Å². The third kappa shape index (κ3) is 3.43. The van der Waals surface area contributed by atoms with Crippen molar-refractivity contribution in [3.63, 3.8) is 0 Å². The molecule has 0 heterocycles. The smallest absolute Gasteiger partial charge is 0.422 e. The molecule has 6 heteroatoms. The van der Waals surface area contributed by atoms with Gasteiger partial charge >= 0.3 is 12.3 Å². The van der Waals surface area contributed by atoms with Crippen LogP contribution in [0.4, 0.5) is 18.0 Å². The van der Waals surface area contributed by atoms with Gasteiger partial charge in [0, 0.05) is 7.05 Å². The lowest BCUT2D eigenvalue weighted by Gasteiger charge is -2.32. The lowest BCUT2D eigenvalue weighted by Crippen LogP contribution is -2.35. The molecule has 1 aliphatic carbocycles. The Morgan fingerprint density at radius 2 is 2.10 bits per heavy atom. The van der Waals surface area contributed by atoms with Gasteiger partial charge in [-0.3, -0.25) is 0 Å². The summed E-state index contributed by atoms with van der Waals surface area (Å²) in [5.41, 5.74) is 2.13. The van der Waals surface area contributed by atoms with Gasteiger partial charge in [-0.15, -0.1) is 0 Å². The zero-order valence-electron chi connectivity index (χ0n) is 11.1. The van der Waals surface area contributed by atoms with E-state index in [0.29, 0.717) is 0 Å². The van der Waals surface area contributed by atoms with Crippen LogP contribution in [0.1, 0.15) is 30.0 Å². The van der Waals surface area contributed by atoms with Gasteiger partial charge in [0.15, 0.2) is 6.61 Å². The topological polar surface area (TPSA) is 29.5 Å². The van der Waals surface area contributed by atoms with Crippen molar-refractivity contribution in [2.45, 2.75) is 31.5 Å². The Bertz CT molecular complexity index is 488. The van der Waals surface area contributed by atoms with Gasteiger partial charge in [-0.1, -0.05) is 24.3 Å². The van der Waals surface area contributed by atoms with Crippen molar-refractivity contribution < 1.29 is 22.7 Å². The van der Waals surface area contributed by atoms with Crippen molar-refractivity contribution in [2.24, 2.45) is 0 Å². The number of nitrogens with zero attached hydrogens (tertiary/aromatic N) is 1. The van der Waals surface area contributed by atoms with Crippen LogP contribution in [0.25, 0.3) is 0 Å². The number of alkyl halides is 3. The van der Waals surface area contributed by atoms with E-state index in [0.717, 1.165) is 30.4 Å². The van der Waals surface area contributed by atoms with Crippen molar-refractivity contribution >= 4 is 6.09 Å². The number of fused-ring (bicyclic) bond motifs is 1. The predicted octanol–water partition coefficient (Wildman–Crippen LogP) is 3.69. The average molecular weight is 287 g/mol. The molecule has 0 fully saturated rings. The number of amides is 1. The summed E-state index contributed by atoms with van der Waals surface area (Å²) >= 11 is 0. The Kier molecular flexibility index (Phi) is 4.20. The number of hydrogen-bond acceptors (Lipinski definition) is 2. The average Bonchev–Trinajstić information content (AvgIpc) is 2.42. The van der Waals surface area contributed by atoms with Crippen molar-refractivity contribution in [2.75, 3.05) is 13.7 Å². The highest BCUT2D eigenvalue weighted by Crippen LogP contribution is 2.33. The molecule has 110 valence electrons. The van der Waals surface area contributed by atoms with Crippen LogP contribution in [0, 0.1) is 0 Å². The van der Waals surface area contributed by atoms with E-state index in [2.05, 4.69) is 4.74 Å². The maximum absolute atomic E-state index is 12.1. The van der Waals surface area contributed by atoms with Crippen LogP contribution in [-0.2, 0) is 11.2 Å². The lowest BCUT2D eigenvalue weighted by atomic mass is 9.87. The van der Waals surface area contributed by atoms with Gasteiger partial charge in [-0.05, 0) is 30.4 Å². The molecule has 0 radical (unpaired) electrons. The summed E-state index contributed by atoms with van der Waals surface area (Å²) in [6.07, 6.45) is -2.88. The molecule has 0 aromatic heterocycles. The molecule has 1 unspecified atom stereocenters. The molecule has 20 heavy (non-hydrogen) atoms. The monoisotopic (exact) mass is 287 g/mol. The first-order valence-corrected chi connectivity index (χ1v) is 6.42. The summed E-state index contributed by atoms with van der Waals surface area (Å²) in [7, 11) is 1.48. The Morgan fingerprint density at radius 1 is 1.40 bits per heavy atom. The Hall–Kier alpha value is -1.72. The summed E-state index contributed by atoms with van der Waals surface area (Å²) < 4.78 is 40.5. The minimum absolute atomic E-state index is 0.222. The fourth-order valence-corrected chi connectivity index (χ4v) is 2.50. The summed E-state index contributed by atoms with van der Waals surface area (Å²) in [5.74, 6) is 0. The third-order valence-corrected chi connectivity index (χ3v) is 3.45. The highest BCUT2D eigenvalue weighted by Gasteiger charge is 2.32. The molecule has 0 spiro atoms. The lowest BCUT2D eigenvalue weighted by molar-refractivity contribution is -0.162. The largest absolute Gasteiger partial charge is 0.440 e. The van der Waals surface area contributed by atoms with Crippen molar-refractivity contribution in [3.05, 3.63) is 35.4 Å². The van der Waals surface area contributed by atoms with Gasteiger partial charge in [-0.2, -0.15) is 13.2 Å². The number of halogens is 3. The predicted molar refractivity (Wildman–Crippen MR) is 67.3 cm³/mol. The van der Waals surface area contributed by atoms with Gasteiger partial charge in [-0.25, -0.2) is 4.79 Å². The first-order chi connectivity index (χ1) is 9.38. The third-order valence-electron chi connectivity index (χ3n) is 3.45. The molecule has 0 saturated heterocycles. The Labute approximate surface area is 115 Å². The Balaban J connectivity index is 2.06. The fraction of sp³-hybridized carbons (Fsp3) is 0.500. The minimum Gasteiger partial charge on any atom is -0.440 e. The molecule has 0 aliphatic heterocycles. The van der Waals surface area contributed by atoms with Crippen LogP contribution in [0.15, 0.2) is 24.3 Å². The van der Waals surface area contributed by atoms with Crippen LogP contribution in [0.3, 0.4) is 0 Å². The number of rotatable bonds is 2. The van der Waals surface area contributed by atoms with Crippen LogP contribution in [0.5, 0.6) is 0 Å². The van der Waals surface area contributed by atoms with Crippen LogP contribution in [-0.4, -0.2) is 30.8 Å². The number of aryl methyl sites for hydroxylation is 1. The molecule has 1 aromatic rings. The normalized spacial score (nSPS) is 18.3. The highest BCUT2D eigenvalue weighted by molar-refractivity contribution is 5.68. The van der Waals surface area contributed by atoms with Gasteiger partial charge in [0.05, 0.1) is 6.04 Å². The molecule has 1 atom stereocenters. The molecule has 1 aromatic carbocycles. The first-order valence-electron chi connectivity index (χ1n) is 6.42. The van der Waals surface area contributed by atoms with E-state index in [-0.39, 0.29) is 6.04 Å². The number of carbonyl (C=O) groups is 1. The number of benzene rings is 1. The maximum atomic E-state index is 12.1. The second-order valence-electron chi connectivity index (χ2n) is 4.89. The zero-order chi connectivity index (χ0) is 14.8. The number of ether oxygens (including phenoxy) is 1. The summed E-state index contributed by atoms with van der Waals surface area (Å²) in [5, 5.41) is 0. The number of hydrogen-bond donors (Lipinski definition) is 0. The van der Waals surface area contributed by atoms with Gasteiger partial charge in [0.25, 0.3) is 0 Å². The van der Waals surface area contributed by atoms with Crippen LogP contribution >= 0.6 is 0 Å². The van der Waals surface area contributed by atoms with Crippen LogP contribution in [0.2, 0.25) is 0 Å². The number of carbonyl (C=O) groups excluding carboxylic acids is 1. The van der Waals surface area contributed by atoms with E-state index in [1.807, 2.05) is 24.3 Å². The molecule has 0 N–H and O–H groups in total. The maximum Gasteiger partial charge on any atom is 0.422 e. The van der Waals surface area contributed by atoms with Crippen molar-refractivity contribution in [3.8, 4) is 0 Å². The SMILES string of the molecule is CN(C(=O)OCC(F)(F)F)C1CCCc2ccccc21. The van der Waals surface area contributed by atoms with E-state index in [4.69, 9.17) is 0 Å². The molecule has 0 bridgehead atoms. The van der Waals surface area contributed by atoms with Crippen LogP contribution < -0.4 is 0 Å². The summed E-state index contributed by atoms with van der Waals surface area (Å²) in [6, 6.07) is 7.46. The fourth-order valence-electron chi connectivity index (χ4n) is 2.50. The second kappa shape index (κ2) is 5.73. The van der Waals surface area contributed by atoms with Gasteiger partial charge in [0.1, 0.15) is 0 Å². The van der Waals surface area contributed by atoms with E-state index in [1.54, 1.807) is 0 Å². The van der Waals surface area contributed by atoms with E-state index in [1.165, 1.54) is 11.9 Å². The molecular weight excluding hydrogens is 271 g/mol. The van der Waals surface area contributed by atoms with Gasteiger partial charge < -0.3 is 9.64 Å². The summed E-state index contributed by atoms with van der Waals surface area (Å²) in [6.45, 7) is -1.55. The molecule has 3 nitrogen and oxygen atoms in total. The molecule has 1 amide bonds. The van der Waals surface area contributed by atoms with E-state index in [9.17, 15) is 18.0 Å². The standard InChI is InChI=1S/C14H16F3NO2/c1-18(13(19)20-9-14(15,16)17)12-8-4-6-10-5-2-3-7-11(10)12/h2-3,5,7,12H,4,6,8-9H2,1H3. The molecule has 0 saturated carbocycles. The van der Waals surface area contributed by atoms with Crippen molar-refractivity contribution in [1.29, 1.82) is 0 Å². The molecular formula is C14H16F3NO2. The van der Waals surface area contributed by atoms with Gasteiger partial charge in [0.2, 0.25) is 0 Å². The van der Waals surface area contributed by atoms with E-state index >= 15 is 0 Å². The highest BCUT2D eigenvalue weighted by atomic mass is 19.4. The second-order valence-corrected chi connectivity index (χ2v) is 4.89.